The number of sulfone groups is 1. The van der Waals surface area contributed by atoms with Crippen LogP contribution in [0.2, 0.25) is 0 Å². The van der Waals surface area contributed by atoms with Gasteiger partial charge in [-0.05, 0) is 42.3 Å². The normalized spacial score (nSPS) is 20.8. The number of nitrogens with zero attached hydrogens (tertiary/aromatic N) is 2. The average molecular weight is 500 g/mol. The monoisotopic (exact) mass is 499 g/mol. The van der Waals surface area contributed by atoms with Gasteiger partial charge < -0.3 is 15.1 Å². The minimum Gasteiger partial charge on any atom is -0.339 e. The van der Waals surface area contributed by atoms with Crippen molar-refractivity contribution in [2.24, 2.45) is 0 Å². The van der Waals surface area contributed by atoms with Crippen molar-refractivity contribution >= 4 is 40.6 Å². The quantitative estimate of drug-likeness (QED) is 0.661. The number of carbonyl (C=O) groups excluding carboxylic acids is 1. The minimum atomic E-state index is -3.18. The molecule has 1 heterocycles. The van der Waals surface area contributed by atoms with E-state index in [2.05, 4.69) is 41.5 Å². The summed E-state index contributed by atoms with van der Waals surface area (Å²) < 4.78 is 23.2. The first-order valence-corrected chi connectivity index (χ1v) is 12.3. The summed E-state index contributed by atoms with van der Waals surface area (Å²) in [5, 5.41) is 3.42. The molecule has 2 aromatic carbocycles. The van der Waals surface area contributed by atoms with Gasteiger partial charge in [0.15, 0.2) is 9.84 Å². The van der Waals surface area contributed by atoms with Crippen molar-refractivity contribution in [1.29, 1.82) is 0 Å². The Labute approximate surface area is 203 Å². The fourth-order valence-electron chi connectivity index (χ4n) is 3.99. The molecule has 2 aliphatic rings. The van der Waals surface area contributed by atoms with Gasteiger partial charge in [-0.2, -0.15) is 0 Å². The van der Waals surface area contributed by atoms with Crippen molar-refractivity contribution in [3.05, 3.63) is 54.1 Å². The third-order valence-corrected chi connectivity index (χ3v) is 7.25. The Bertz CT molecular complexity index is 1010. The van der Waals surface area contributed by atoms with Gasteiger partial charge in [-0.3, -0.25) is 4.79 Å². The molecule has 0 spiro atoms. The molecular weight excluding hydrogens is 469 g/mol. The van der Waals surface area contributed by atoms with Crippen molar-refractivity contribution in [2.75, 3.05) is 46.0 Å². The van der Waals surface area contributed by atoms with Crippen LogP contribution in [0.3, 0.4) is 0 Å². The first-order chi connectivity index (χ1) is 14.3. The highest BCUT2D eigenvalue weighted by Gasteiger charge is 2.38. The fraction of sp³-hybridized carbons (Fsp3) is 0.435. The van der Waals surface area contributed by atoms with Gasteiger partial charge in [0, 0.05) is 44.4 Å². The molecule has 1 amide bonds. The van der Waals surface area contributed by atoms with E-state index in [1.54, 1.807) is 12.1 Å². The lowest BCUT2D eigenvalue weighted by molar-refractivity contribution is -0.131. The van der Waals surface area contributed by atoms with E-state index in [-0.39, 0.29) is 30.7 Å². The van der Waals surface area contributed by atoms with Crippen molar-refractivity contribution < 1.29 is 13.2 Å². The molecule has 2 fully saturated rings. The zero-order valence-corrected chi connectivity index (χ0v) is 20.8. The minimum absolute atomic E-state index is 0. The third-order valence-electron chi connectivity index (χ3n) is 6.12. The van der Waals surface area contributed by atoms with Crippen LogP contribution in [0.15, 0.2) is 53.4 Å². The highest BCUT2D eigenvalue weighted by molar-refractivity contribution is 7.90. The van der Waals surface area contributed by atoms with Crippen LogP contribution in [-0.4, -0.2) is 76.2 Å². The van der Waals surface area contributed by atoms with Crippen LogP contribution in [-0.2, 0) is 14.6 Å². The van der Waals surface area contributed by atoms with E-state index >= 15 is 0 Å². The Morgan fingerprint density at radius 2 is 1.47 bits per heavy atom. The summed E-state index contributed by atoms with van der Waals surface area (Å²) >= 11 is 0. The number of halogens is 2. The molecule has 0 unspecified atom stereocenters. The molecule has 2 atom stereocenters. The molecule has 1 N–H and O–H groups in total. The Kier molecular flexibility index (Phi) is 9.14. The van der Waals surface area contributed by atoms with Gasteiger partial charge in [0.1, 0.15) is 0 Å². The zero-order valence-electron chi connectivity index (χ0n) is 18.4. The molecule has 176 valence electrons. The molecule has 1 aliphatic heterocycles. The maximum Gasteiger partial charge on any atom is 0.236 e. The van der Waals surface area contributed by atoms with E-state index in [9.17, 15) is 13.2 Å². The van der Waals surface area contributed by atoms with Crippen LogP contribution in [0, 0.1) is 0 Å². The second kappa shape index (κ2) is 11.0. The Morgan fingerprint density at radius 3 is 2.00 bits per heavy atom. The number of rotatable bonds is 6. The van der Waals surface area contributed by atoms with Gasteiger partial charge in [-0.25, -0.2) is 8.42 Å². The van der Waals surface area contributed by atoms with Gasteiger partial charge >= 0.3 is 0 Å². The van der Waals surface area contributed by atoms with Gasteiger partial charge in [0.25, 0.3) is 0 Å². The largest absolute Gasteiger partial charge is 0.339 e. The van der Waals surface area contributed by atoms with Crippen molar-refractivity contribution in [1.82, 2.24) is 15.1 Å². The SMILES string of the molecule is CN1CCN(C(=O)CN[C@@H]2C[C@H]2c2ccc(-c3ccc(S(C)(=O)=O)cc3)cc2)CC1.Cl.Cl. The summed E-state index contributed by atoms with van der Waals surface area (Å²) in [5.74, 6) is 0.647. The van der Waals surface area contributed by atoms with E-state index in [1.165, 1.54) is 11.8 Å². The van der Waals surface area contributed by atoms with E-state index in [4.69, 9.17) is 0 Å². The second-order valence-corrected chi connectivity index (χ2v) is 10.4. The molecule has 2 aromatic rings. The number of carbonyl (C=O) groups is 1. The van der Waals surface area contributed by atoms with Gasteiger partial charge in [-0.1, -0.05) is 36.4 Å². The summed E-state index contributed by atoms with van der Waals surface area (Å²) in [6, 6.07) is 15.8. The predicted octanol–water partition coefficient (Wildman–Crippen LogP) is 2.82. The highest BCUT2D eigenvalue weighted by atomic mass is 35.5. The molecule has 9 heteroatoms. The number of nitrogens with one attached hydrogen (secondary N) is 1. The number of likely N-dealkylation sites (N-methyl/N-ethyl adjacent to an activating group) is 1. The second-order valence-electron chi connectivity index (χ2n) is 8.43. The van der Waals surface area contributed by atoms with Gasteiger partial charge in [-0.15, -0.1) is 24.8 Å². The maximum absolute atomic E-state index is 12.4. The van der Waals surface area contributed by atoms with E-state index in [1.807, 2.05) is 17.0 Å². The number of hydrogen-bond acceptors (Lipinski definition) is 5. The number of hydrogen-bond donors (Lipinski definition) is 1. The first kappa shape index (κ1) is 26.6. The van der Waals surface area contributed by atoms with Crippen LogP contribution in [0.1, 0.15) is 17.9 Å². The van der Waals surface area contributed by atoms with E-state index in [0.717, 1.165) is 43.7 Å². The standard InChI is InChI=1S/C23H29N3O3S.2ClH/c1-25-11-13-26(14-12-25)23(27)16-24-22-15-21(22)19-5-3-17(4-6-19)18-7-9-20(10-8-18)30(2,28)29;;/h3-10,21-22,24H,11-16H2,1-2H3;2*1H/t21-,22+;;/m0../s1. The lowest BCUT2D eigenvalue weighted by atomic mass is 10.0. The van der Waals surface area contributed by atoms with Crippen LogP contribution >= 0.6 is 24.8 Å². The van der Waals surface area contributed by atoms with Gasteiger partial charge in [0.2, 0.25) is 5.91 Å². The molecule has 32 heavy (non-hydrogen) atoms. The Morgan fingerprint density at radius 1 is 0.938 bits per heavy atom. The molecule has 1 saturated carbocycles. The molecular formula is C23H31Cl2N3O3S. The molecule has 0 aromatic heterocycles. The zero-order chi connectivity index (χ0) is 21.3. The summed E-state index contributed by atoms with van der Waals surface area (Å²) in [5.41, 5.74) is 3.34. The maximum atomic E-state index is 12.4. The lowest BCUT2D eigenvalue weighted by Crippen LogP contribution is -2.49. The molecule has 6 nitrogen and oxygen atoms in total. The summed E-state index contributed by atoms with van der Waals surface area (Å²) in [6.07, 6.45) is 2.27. The van der Waals surface area contributed by atoms with E-state index in [0.29, 0.717) is 23.4 Å². The van der Waals surface area contributed by atoms with Crippen molar-refractivity contribution in [3.8, 4) is 11.1 Å². The molecule has 0 bridgehead atoms. The lowest BCUT2D eigenvalue weighted by Gasteiger charge is -2.32. The number of amides is 1. The Hall–Kier alpha value is -1.64. The molecule has 1 saturated heterocycles. The van der Waals surface area contributed by atoms with Gasteiger partial charge in [0.05, 0.1) is 11.4 Å². The molecule has 1 aliphatic carbocycles. The average Bonchev–Trinajstić information content (AvgIpc) is 3.52. The summed E-state index contributed by atoms with van der Waals surface area (Å²) in [4.78, 5) is 16.9. The molecule has 0 radical (unpaired) electrons. The van der Waals surface area contributed by atoms with Crippen LogP contribution < -0.4 is 5.32 Å². The van der Waals surface area contributed by atoms with Crippen LogP contribution in [0.25, 0.3) is 11.1 Å². The highest BCUT2D eigenvalue weighted by Crippen LogP contribution is 2.41. The predicted molar refractivity (Wildman–Crippen MR) is 133 cm³/mol. The van der Waals surface area contributed by atoms with E-state index < -0.39 is 9.84 Å². The first-order valence-electron chi connectivity index (χ1n) is 10.4. The number of piperazine rings is 1. The fourth-order valence-corrected chi connectivity index (χ4v) is 4.62. The summed E-state index contributed by atoms with van der Waals surface area (Å²) in [7, 11) is -1.09. The smallest absolute Gasteiger partial charge is 0.236 e. The summed E-state index contributed by atoms with van der Waals surface area (Å²) in [6.45, 7) is 3.94. The third kappa shape index (κ3) is 6.45. The number of benzene rings is 2. The van der Waals surface area contributed by atoms with Crippen LogP contribution in [0.5, 0.6) is 0 Å². The topological polar surface area (TPSA) is 69.7 Å². The van der Waals surface area contributed by atoms with Crippen molar-refractivity contribution in [3.63, 3.8) is 0 Å². The Balaban J connectivity index is 0.00000181. The van der Waals surface area contributed by atoms with Crippen LogP contribution in [0.4, 0.5) is 0 Å². The van der Waals surface area contributed by atoms with Crippen molar-refractivity contribution in [2.45, 2.75) is 23.3 Å². The molecule has 4 rings (SSSR count).